The first kappa shape index (κ1) is 24.1. The van der Waals surface area contributed by atoms with Gasteiger partial charge in [0.15, 0.2) is 17.5 Å². The fraction of sp³-hybridized carbons (Fsp3) is 0. The van der Waals surface area contributed by atoms with Gasteiger partial charge in [0, 0.05) is 54.4 Å². The van der Waals surface area contributed by atoms with E-state index in [1.54, 1.807) is 0 Å². The van der Waals surface area contributed by atoms with Crippen LogP contribution in [0, 0.1) is 0 Å². The molecule has 0 spiro atoms. The molecule has 0 bridgehead atoms. The summed E-state index contributed by atoms with van der Waals surface area (Å²) in [5.41, 5.74) is 5.64. The lowest BCUT2D eigenvalue weighted by atomic mass is 9.98. The molecule has 5 nitrogen and oxygen atoms in total. The Hall–Kier alpha value is -7.11. The highest BCUT2D eigenvalue weighted by Crippen LogP contribution is 2.44. The van der Waals surface area contributed by atoms with E-state index in [1.165, 1.54) is 0 Å². The molecule has 242 valence electrons. The standard InChI is InChI=1S/C47H28N4O/c1-3-15-30(16-4-1)45-48-46(31-17-5-2-6-18-31)50-47(49-45)38-28-37-35(44-42(38)36-21-10-12-25-41(36)52-44)22-13-24-40(37)51-39-23-11-9-20-33(39)34-27-26-29-14-7-8-19-32(29)43(34)51/h1-28H/i1D,3D,4D,15D,16D. The highest BCUT2D eigenvalue weighted by Gasteiger charge is 2.23. The first-order valence-electron chi connectivity index (χ1n) is 19.5. The van der Waals surface area contributed by atoms with Crippen LogP contribution in [0.4, 0.5) is 0 Å². The molecule has 11 aromatic rings. The van der Waals surface area contributed by atoms with Crippen molar-refractivity contribution in [3.05, 3.63) is 170 Å². The van der Waals surface area contributed by atoms with Gasteiger partial charge < -0.3 is 8.98 Å². The molecule has 0 atom stereocenters. The molecule has 3 aromatic heterocycles. The van der Waals surface area contributed by atoms with Crippen LogP contribution in [0.5, 0.6) is 0 Å². The van der Waals surface area contributed by atoms with Crippen molar-refractivity contribution in [1.82, 2.24) is 19.5 Å². The Morgan fingerprint density at radius 1 is 0.500 bits per heavy atom. The second kappa shape index (κ2) is 11.2. The SMILES string of the molecule is [2H]c1c([2H])c([2H])c(-c2nc(-c3ccccc3)nc(-c3cc4c(-n5c6ccccc6c6ccc7ccccc7c65)cccc4c4oc5ccccc5c34)n2)c([2H])c1[2H]. The zero-order valence-electron chi connectivity index (χ0n) is 32.5. The number of benzene rings is 8. The first-order valence-corrected chi connectivity index (χ1v) is 17.0. The molecule has 0 unspecified atom stereocenters. The Balaban J connectivity index is 1.30. The van der Waals surface area contributed by atoms with Gasteiger partial charge in [-0.05, 0) is 29.7 Å². The Bertz CT molecular complexity index is 3460. The third kappa shape index (κ3) is 4.26. The fourth-order valence-electron chi connectivity index (χ4n) is 7.66. The average Bonchev–Trinajstić information content (AvgIpc) is 3.82. The van der Waals surface area contributed by atoms with Gasteiger partial charge in [-0.25, -0.2) is 15.0 Å². The van der Waals surface area contributed by atoms with E-state index in [-0.39, 0.29) is 17.2 Å². The van der Waals surface area contributed by atoms with Crippen molar-refractivity contribution >= 4 is 65.3 Å². The van der Waals surface area contributed by atoms with Gasteiger partial charge in [0.05, 0.1) is 23.6 Å². The minimum Gasteiger partial charge on any atom is -0.455 e. The molecule has 0 radical (unpaired) electrons. The molecule has 0 N–H and O–H groups in total. The molecule has 0 aliphatic heterocycles. The molecule has 8 aromatic carbocycles. The Labute approximate surface area is 305 Å². The molecule has 0 saturated carbocycles. The molecule has 52 heavy (non-hydrogen) atoms. The van der Waals surface area contributed by atoms with Gasteiger partial charge in [0.1, 0.15) is 11.2 Å². The highest BCUT2D eigenvalue weighted by molar-refractivity contribution is 6.23. The third-order valence-corrected chi connectivity index (χ3v) is 9.91. The van der Waals surface area contributed by atoms with Crippen molar-refractivity contribution in [2.45, 2.75) is 0 Å². The second-order valence-corrected chi connectivity index (χ2v) is 12.8. The number of hydrogen-bond acceptors (Lipinski definition) is 4. The molecule has 5 heteroatoms. The van der Waals surface area contributed by atoms with Crippen LogP contribution >= 0.6 is 0 Å². The van der Waals surface area contributed by atoms with E-state index in [0.29, 0.717) is 28.1 Å². The van der Waals surface area contributed by atoms with Crippen LogP contribution in [0.25, 0.3) is 105 Å². The van der Waals surface area contributed by atoms with Crippen LogP contribution in [0.15, 0.2) is 174 Å². The summed E-state index contributed by atoms with van der Waals surface area (Å²) >= 11 is 0. The second-order valence-electron chi connectivity index (χ2n) is 12.8. The quantitative estimate of drug-likeness (QED) is 0.187. The van der Waals surface area contributed by atoms with E-state index < -0.39 is 30.2 Å². The maximum Gasteiger partial charge on any atom is 0.164 e. The lowest BCUT2D eigenvalue weighted by molar-refractivity contribution is 0.672. The highest BCUT2D eigenvalue weighted by atomic mass is 16.3. The van der Waals surface area contributed by atoms with Crippen molar-refractivity contribution < 1.29 is 11.3 Å². The maximum absolute atomic E-state index is 8.85. The number of nitrogens with zero attached hydrogens (tertiary/aromatic N) is 4. The smallest absolute Gasteiger partial charge is 0.164 e. The summed E-state index contributed by atoms with van der Waals surface area (Å²) in [6.45, 7) is 0. The lowest BCUT2D eigenvalue weighted by Gasteiger charge is -2.15. The minimum atomic E-state index is -0.488. The van der Waals surface area contributed by atoms with Crippen LogP contribution in [0.1, 0.15) is 6.85 Å². The third-order valence-electron chi connectivity index (χ3n) is 9.91. The Morgan fingerprint density at radius 2 is 1.19 bits per heavy atom. The van der Waals surface area contributed by atoms with Crippen LogP contribution in [-0.4, -0.2) is 19.5 Å². The van der Waals surface area contributed by atoms with E-state index in [2.05, 4.69) is 89.5 Å². The van der Waals surface area contributed by atoms with E-state index in [9.17, 15) is 0 Å². The van der Waals surface area contributed by atoms with Crippen LogP contribution < -0.4 is 0 Å². The molecule has 0 fully saturated rings. The molecule has 0 saturated heterocycles. The van der Waals surface area contributed by atoms with Crippen LogP contribution in [-0.2, 0) is 0 Å². The summed E-state index contributed by atoms with van der Waals surface area (Å²) in [5.74, 6) is 0.538. The van der Waals surface area contributed by atoms with Gasteiger partial charge >= 0.3 is 0 Å². The topological polar surface area (TPSA) is 56.7 Å². The first-order chi connectivity index (χ1) is 27.9. The van der Waals surface area contributed by atoms with Crippen molar-refractivity contribution in [3.63, 3.8) is 0 Å². The van der Waals surface area contributed by atoms with E-state index in [1.807, 2.05) is 54.6 Å². The average molecular weight is 670 g/mol. The van der Waals surface area contributed by atoms with Crippen LogP contribution in [0.3, 0.4) is 0 Å². The van der Waals surface area contributed by atoms with Crippen molar-refractivity contribution in [2.75, 3.05) is 0 Å². The molecule has 3 heterocycles. The molecular formula is C47H28N4O. The zero-order valence-corrected chi connectivity index (χ0v) is 27.5. The van der Waals surface area contributed by atoms with E-state index in [0.717, 1.165) is 59.8 Å². The number of furan rings is 1. The summed E-state index contributed by atoms with van der Waals surface area (Å²) in [6, 6.07) is 44.6. The minimum absolute atomic E-state index is 0.0287. The zero-order chi connectivity index (χ0) is 38.5. The van der Waals surface area contributed by atoms with E-state index >= 15 is 0 Å². The van der Waals surface area contributed by atoms with Crippen LogP contribution in [0.2, 0.25) is 0 Å². The summed E-state index contributed by atoms with van der Waals surface area (Å²) in [7, 11) is 0. The number of fused-ring (bicyclic) bond motifs is 10. The Morgan fingerprint density at radius 3 is 2.06 bits per heavy atom. The van der Waals surface area contributed by atoms with Gasteiger partial charge in [0.25, 0.3) is 0 Å². The fourth-order valence-corrected chi connectivity index (χ4v) is 7.66. The number of para-hydroxylation sites is 2. The van der Waals surface area contributed by atoms with Gasteiger partial charge in [-0.3, -0.25) is 0 Å². The molecule has 11 rings (SSSR count). The van der Waals surface area contributed by atoms with Crippen molar-refractivity contribution in [1.29, 1.82) is 0 Å². The van der Waals surface area contributed by atoms with Gasteiger partial charge in [-0.2, -0.15) is 0 Å². The van der Waals surface area contributed by atoms with Gasteiger partial charge in [0.2, 0.25) is 0 Å². The van der Waals surface area contributed by atoms with Crippen molar-refractivity contribution in [3.8, 4) is 39.9 Å². The normalized spacial score (nSPS) is 13.2. The lowest BCUT2D eigenvalue weighted by Crippen LogP contribution is -2.01. The largest absolute Gasteiger partial charge is 0.455 e. The summed E-state index contributed by atoms with van der Waals surface area (Å²) in [6.07, 6.45) is 0. The van der Waals surface area contributed by atoms with Gasteiger partial charge in [-0.15, -0.1) is 0 Å². The molecule has 0 amide bonds. The summed E-state index contributed by atoms with van der Waals surface area (Å²) in [4.78, 5) is 14.8. The predicted molar refractivity (Wildman–Crippen MR) is 213 cm³/mol. The molecular weight excluding hydrogens is 637 g/mol. The molecule has 0 aliphatic carbocycles. The number of rotatable bonds is 4. The van der Waals surface area contributed by atoms with E-state index in [4.69, 9.17) is 26.2 Å². The maximum atomic E-state index is 8.85. The summed E-state index contributed by atoms with van der Waals surface area (Å²) in [5, 5.41) is 7.98. The van der Waals surface area contributed by atoms with Crippen molar-refractivity contribution in [2.24, 2.45) is 0 Å². The Kier molecular flexibility index (Phi) is 5.19. The number of aromatic nitrogens is 4. The van der Waals surface area contributed by atoms with Gasteiger partial charge in [-0.1, -0.05) is 145 Å². The molecule has 0 aliphatic rings. The monoisotopic (exact) mass is 669 g/mol. The summed E-state index contributed by atoms with van der Waals surface area (Å²) < 4.78 is 51.9. The number of hydrogen-bond donors (Lipinski definition) is 0. The predicted octanol–water partition coefficient (Wildman–Crippen LogP) is 12.2.